The first-order valence-corrected chi connectivity index (χ1v) is 17.1. The molecule has 228 valence electrons. The molecule has 0 aromatic heterocycles. The minimum absolute atomic E-state index is 0.000998. The second-order valence-electron chi connectivity index (χ2n) is 11.8. The molecule has 2 amide bonds. The number of nitrogens with one attached hydrogen (secondary N) is 1. The summed E-state index contributed by atoms with van der Waals surface area (Å²) in [4.78, 5) is 31.5. The Hall–Kier alpha value is -2.66. The molecule has 0 aliphatic carbocycles. The number of piperidine rings is 1. The van der Waals surface area contributed by atoms with Gasteiger partial charge in [0.15, 0.2) is 0 Å². The molecule has 0 saturated carbocycles. The van der Waals surface area contributed by atoms with Gasteiger partial charge in [0.1, 0.15) is 32.9 Å². The fourth-order valence-corrected chi connectivity index (χ4v) is 8.02. The third kappa shape index (κ3) is 6.77. The maximum atomic E-state index is 13.8. The number of unbranched alkanes of at least 4 members (excludes halogenated alkanes) is 1. The maximum Gasteiger partial charge on any atom is 0.248 e. The molecule has 2 atom stereocenters. The van der Waals surface area contributed by atoms with E-state index in [4.69, 9.17) is 16.3 Å². The SMILES string of the molecule is CCCCN1C(=O)[C@@H]([C@H](O)C2CCS(=O)(=O)CC2)NC(=O)C12CCN(Cc1ccc(Oc3ccc(Cl)cc3)cc1)CC2. The molecule has 0 bridgehead atoms. The summed E-state index contributed by atoms with van der Waals surface area (Å²) in [5.74, 6) is 0.636. The van der Waals surface area contributed by atoms with Crippen LogP contribution in [0.2, 0.25) is 5.02 Å². The van der Waals surface area contributed by atoms with Crippen molar-refractivity contribution in [2.75, 3.05) is 31.1 Å². The highest BCUT2D eigenvalue weighted by atomic mass is 35.5. The Morgan fingerprint density at radius 2 is 1.62 bits per heavy atom. The van der Waals surface area contributed by atoms with E-state index in [1.165, 1.54) is 0 Å². The van der Waals surface area contributed by atoms with E-state index in [9.17, 15) is 23.1 Å². The molecule has 2 aromatic rings. The summed E-state index contributed by atoms with van der Waals surface area (Å²) in [5, 5.41) is 14.7. The number of ether oxygens (including phenoxy) is 1. The zero-order valence-electron chi connectivity index (χ0n) is 24.0. The maximum absolute atomic E-state index is 13.8. The summed E-state index contributed by atoms with van der Waals surface area (Å²) in [6, 6.07) is 14.1. The summed E-state index contributed by atoms with van der Waals surface area (Å²) in [6.07, 6.45) is 2.15. The van der Waals surface area contributed by atoms with Gasteiger partial charge in [-0.25, -0.2) is 8.42 Å². The molecule has 3 heterocycles. The van der Waals surface area contributed by atoms with Gasteiger partial charge in [-0.1, -0.05) is 37.1 Å². The highest BCUT2D eigenvalue weighted by molar-refractivity contribution is 7.91. The molecule has 3 fully saturated rings. The average molecular weight is 618 g/mol. The number of aliphatic hydroxyl groups excluding tert-OH is 1. The van der Waals surface area contributed by atoms with Gasteiger partial charge in [-0.15, -0.1) is 0 Å². The zero-order chi connectivity index (χ0) is 29.9. The topological polar surface area (TPSA) is 116 Å². The number of hydrogen-bond donors (Lipinski definition) is 2. The van der Waals surface area contributed by atoms with Crippen LogP contribution in [0.15, 0.2) is 48.5 Å². The van der Waals surface area contributed by atoms with E-state index in [0.717, 1.165) is 24.2 Å². The minimum atomic E-state index is -3.10. The molecule has 1 spiro atoms. The Bertz CT molecular complexity index is 1350. The summed E-state index contributed by atoms with van der Waals surface area (Å²) >= 11 is 5.95. The van der Waals surface area contributed by atoms with E-state index in [-0.39, 0.29) is 29.2 Å². The molecule has 42 heavy (non-hydrogen) atoms. The van der Waals surface area contributed by atoms with Crippen molar-refractivity contribution in [3.8, 4) is 11.5 Å². The largest absolute Gasteiger partial charge is 0.457 e. The van der Waals surface area contributed by atoms with Gasteiger partial charge in [-0.3, -0.25) is 14.5 Å². The number of aliphatic hydroxyl groups is 1. The van der Waals surface area contributed by atoms with Gasteiger partial charge >= 0.3 is 0 Å². The lowest BCUT2D eigenvalue weighted by atomic mass is 9.79. The standard InChI is InChI=1S/C31H40ClN3O6S/c1-2-3-16-35-29(37)27(28(36)23-12-19-42(39,40)20-13-23)33-30(38)31(35)14-17-34(18-15-31)21-22-4-8-25(9-5-22)41-26-10-6-24(32)7-11-26/h4-11,23,27-28,36H,2-3,12-21H2,1H3,(H,33,38)/t27-,28-/m1/s1. The first-order chi connectivity index (χ1) is 20.1. The number of carbonyl (C=O) groups excluding carboxylic acids is 2. The molecule has 3 saturated heterocycles. The molecule has 3 aliphatic heterocycles. The summed E-state index contributed by atoms with van der Waals surface area (Å²) < 4.78 is 29.6. The molecule has 3 aliphatic rings. The highest BCUT2D eigenvalue weighted by Crippen LogP contribution is 2.36. The van der Waals surface area contributed by atoms with Crippen molar-refractivity contribution in [2.45, 2.75) is 69.7 Å². The van der Waals surface area contributed by atoms with Crippen LogP contribution in [-0.2, 0) is 26.0 Å². The first kappa shape index (κ1) is 30.8. The smallest absolute Gasteiger partial charge is 0.248 e. The van der Waals surface area contributed by atoms with Crippen molar-refractivity contribution in [1.82, 2.24) is 15.1 Å². The zero-order valence-corrected chi connectivity index (χ0v) is 25.6. The van der Waals surface area contributed by atoms with Gasteiger partial charge in [-0.2, -0.15) is 0 Å². The lowest BCUT2D eigenvalue weighted by molar-refractivity contribution is -0.165. The van der Waals surface area contributed by atoms with Crippen LogP contribution in [0.1, 0.15) is 51.0 Å². The van der Waals surface area contributed by atoms with E-state index < -0.39 is 27.5 Å². The first-order valence-electron chi connectivity index (χ1n) is 14.9. The van der Waals surface area contributed by atoms with Gasteiger partial charge in [0, 0.05) is 31.2 Å². The van der Waals surface area contributed by atoms with Crippen molar-refractivity contribution < 1.29 is 27.9 Å². The third-order valence-electron chi connectivity index (χ3n) is 8.98. The van der Waals surface area contributed by atoms with Crippen LogP contribution in [0.3, 0.4) is 0 Å². The number of amides is 2. The van der Waals surface area contributed by atoms with Crippen LogP contribution in [-0.4, -0.2) is 84.0 Å². The van der Waals surface area contributed by atoms with Crippen LogP contribution in [0, 0.1) is 5.92 Å². The molecule has 2 aromatic carbocycles. The van der Waals surface area contributed by atoms with E-state index in [1.54, 1.807) is 17.0 Å². The van der Waals surface area contributed by atoms with E-state index in [1.807, 2.05) is 43.3 Å². The van der Waals surface area contributed by atoms with Gasteiger partial charge in [-0.05, 0) is 80.0 Å². The number of sulfone groups is 1. The average Bonchev–Trinajstić information content (AvgIpc) is 2.98. The summed E-state index contributed by atoms with van der Waals surface area (Å²) in [7, 11) is -3.10. The van der Waals surface area contributed by atoms with E-state index >= 15 is 0 Å². The Balaban J connectivity index is 1.21. The van der Waals surface area contributed by atoms with Gasteiger partial charge in [0.25, 0.3) is 0 Å². The van der Waals surface area contributed by atoms with Crippen molar-refractivity contribution >= 4 is 33.3 Å². The number of rotatable bonds is 9. The molecule has 5 rings (SSSR count). The third-order valence-corrected chi connectivity index (χ3v) is 10.9. The fourth-order valence-electron chi connectivity index (χ4n) is 6.37. The fraction of sp³-hybridized carbons (Fsp3) is 0.548. The second kappa shape index (κ2) is 12.9. The monoisotopic (exact) mass is 617 g/mol. The Kier molecular flexibility index (Phi) is 9.47. The number of halogens is 1. The predicted molar refractivity (Wildman–Crippen MR) is 161 cm³/mol. The number of carbonyl (C=O) groups is 2. The van der Waals surface area contributed by atoms with Gasteiger partial charge < -0.3 is 20.1 Å². The van der Waals surface area contributed by atoms with Crippen molar-refractivity contribution in [3.63, 3.8) is 0 Å². The molecule has 0 unspecified atom stereocenters. The molecule has 0 radical (unpaired) electrons. The molecular formula is C31H40ClN3O6S. The number of piperazine rings is 1. The van der Waals surface area contributed by atoms with Crippen LogP contribution >= 0.6 is 11.6 Å². The van der Waals surface area contributed by atoms with Crippen molar-refractivity contribution in [2.24, 2.45) is 5.92 Å². The second-order valence-corrected chi connectivity index (χ2v) is 14.5. The Morgan fingerprint density at radius 1 is 1.02 bits per heavy atom. The summed E-state index contributed by atoms with van der Waals surface area (Å²) in [6.45, 7) is 4.53. The lowest BCUT2D eigenvalue weighted by Crippen LogP contribution is -2.75. The number of nitrogens with zero attached hydrogens (tertiary/aromatic N) is 2. The number of likely N-dealkylation sites (tertiary alicyclic amines) is 1. The van der Waals surface area contributed by atoms with Crippen LogP contribution in [0.4, 0.5) is 0 Å². The Morgan fingerprint density at radius 3 is 2.21 bits per heavy atom. The number of hydrogen-bond acceptors (Lipinski definition) is 7. The summed E-state index contributed by atoms with van der Waals surface area (Å²) in [5.41, 5.74) is 0.185. The normalized spacial score (nSPS) is 23.5. The molecule has 2 N–H and O–H groups in total. The molecular weight excluding hydrogens is 578 g/mol. The van der Waals surface area contributed by atoms with Gasteiger partial charge in [0.05, 0.1) is 17.6 Å². The van der Waals surface area contributed by atoms with Crippen LogP contribution < -0.4 is 10.1 Å². The van der Waals surface area contributed by atoms with Crippen LogP contribution in [0.25, 0.3) is 0 Å². The predicted octanol–water partition coefficient (Wildman–Crippen LogP) is 3.78. The van der Waals surface area contributed by atoms with E-state index in [0.29, 0.717) is 62.6 Å². The molecule has 9 nitrogen and oxygen atoms in total. The minimum Gasteiger partial charge on any atom is -0.457 e. The van der Waals surface area contributed by atoms with Gasteiger partial charge in [0.2, 0.25) is 11.8 Å². The highest BCUT2D eigenvalue weighted by Gasteiger charge is 2.55. The lowest BCUT2D eigenvalue weighted by Gasteiger charge is -2.52. The van der Waals surface area contributed by atoms with Crippen LogP contribution in [0.5, 0.6) is 11.5 Å². The molecule has 11 heteroatoms. The number of benzene rings is 2. The van der Waals surface area contributed by atoms with Crippen molar-refractivity contribution in [1.29, 1.82) is 0 Å². The van der Waals surface area contributed by atoms with Crippen molar-refractivity contribution in [3.05, 3.63) is 59.1 Å². The quantitative estimate of drug-likeness (QED) is 0.440. The van der Waals surface area contributed by atoms with E-state index in [2.05, 4.69) is 10.2 Å². The Labute approximate surface area is 253 Å².